The average Bonchev–Trinajstić information content (AvgIpc) is 2.77. The number of nitrogens with one attached hydrogen (secondary N) is 3. The van der Waals surface area contributed by atoms with Crippen LogP contribution in [0.4, 0.5) is 4.79 Å². The van der Waals surface area contributed by atoms with Crippen molar-refractivity contribution in [3.05, 3.63) is 71.8 Å². The van der Waals surface area contributed by atoms with Gasteiger partial charge in [0.25, 0.3) is 0 Å². The van der Waals surface area contributed by atoms with Crippen LogP contribution in [-0.2, 0) is 27.4 Å². The van der Waals surface area contributed by atoms with E-state index in [0.717, 1.165) is 17.5 Å². The zero-order chi connectivity index (χ0) is 21.8. The second-order valence-corrected chi connectivity index (χ2v) is 6.97. The maximum Gasteiger partial charge on any atom is 0.408 e. The summed E-state index contributed by atoms with van der Waals surface area (Å²) in [4.78, 5) is 37.1. The highest BCUT2D eigenvalue weighted by Gasteiger charge is 2.25. The van der Waals surface area contributed by atoms with Gasteiger partial charge in [0.05, 0.1) is 0 Å². The highest BCUT2D eigenvalue weighted by molar-refractivity contribution is 5.91. The lowest BCUT2D eigenvalue weighted by Crippen LogP contribution is -2.53. The molecular weight excluding hydrogens is 382 g/mol. The van der Waals surface area contributed by atoms with Crippen LogP contribution in [0.15, 0.2) is 60.7 Å². The van der Waals surface area contributed by atoms with Gasteiger partial charge in [0.1, 0.15) is 18.7 Å². The van der Waals surface area contributed by atoms with Crippen molar-refractivity contribution in [1.82, 2.24) is 16.0 Å². The van der Waals surface area contributed by atoms with E-state index >= 15 is 0 Å². The monoisotopic (exact) mass is 411 g/mol. The lowest BCUT2D eigenvalue weighted by Gasteiger charge is -2.21. The molecule has 0 radical (unpaired) electrons. The fraction of sp³-hybridized carbons (Fsp3) is 0.348. The predicted octanol–water partition coefficient (Wildman–Crippen LogP) is 2.55. The van der Waals surface area contributed by atoms with Gasteiger partial charge in [0.2, 0.25) is 11.8 Å². The van der Waals surface area contributed by atoms with E-state index in [1.54, 1.807) is 6.92 Å². The summed E-state index contributed by atoms with van der Waals surface area (Å²) in [7, 11) is 0. The molecule has 0 saturated heterocycles. The minimum Gasteiger partial charge on any atom is -0.445 e. The van der Waals surface area contributed by atoms with Gasteiger partial charge >= 0.3 is 6.09 Å². The maximum absolute atomic E-state index is 12.8. The first-order valence-electron chi connectivity index (χ1n) is 10.1. The van der Waals surface area contributed by atoms with Gasteiger partial charge in [-0.3, -0.25) is 9.59 Å². The van der Waals surface area contributed by atoms with E-state index in [1.807, 2.05) is 67.6 Å². The second kappa shape index (κ2) is 12.3. The quantitative estimate of drug-likeness (QED) is 0.560. The summed E-state index contributed by atoms with van der Waals surface area (Å²) in [6, 6.07) is 17.0. The molecule has 0 unspecified atom stereocenters. The number of alkyl carbamates (subject to hydrolysis) is 1. The van der Waals surface area contributed by atoms with Crippen LogP contribution in [0, 0.1) is 0 Å². The Morgan fingerprint density at radius 2 is 1.47 bits per heavy atom. The molecule has 0 spiro atoms. The Morgan fingerprint density at radius 3 is 2.07 bits per heavy atom. The standard InChI is InChI=1S/C23H29N3O4/c1-3-14-24-21(27)17(2)25-22(28)20(15-18-10-6-4-7-11-18)26-23(29)30-16-19-12-8-5-9-13-19/h4-13,17,20H,3,14-16H2,1-2H3,(H,24,27)(H,25,28)(H,26,29)/t17-,20-/m0/s1. The summed E-state index contributed by atoms with van der Waals surface area (Å²) in [5.74, 6) is -0.718. The van der Waals surface area contributed by atoms with Gasteiger partial charge in [-0.25, -0.2) is 4.79 Å². The molecule has 0 heterocycles. The van der Waals surface area contributed by atoms with Crippen LogP contribution in [0.5, 0.6) is 0 Å². The van der Waals surface area contributed by atoms with Crippen molar-refractivity contribution >= 4 is 17.9 Å². The fourth-order valence-corrected chi connectivity index (χ4v) is 2.75. The average molecular weight is 412 g/mol. The number of benzene rings is 2. The van der Waals surface area contributed by atoms with Crippen molar-refractivity contribution in [1.29, 1.82) is 0 Å². The molecule has 2 atom stereocenters. The SMILES string of the molecule is CCCNC(=O)[C@H](C)NC(=O)[C@H](Cc1ccccc1)NC(=O)OCc1ccccc1. The number of carbonyl (C=O) groups is 3. The molecule has 3 amide bonds. The van der Waals surface area contributed by atoms with Gasteiger partial charge in [-0.05, 0) is 24.5 Å². The topological polar surface area (TPSA) is 96.5 Å². The van der Waals surface area contributed by atoms with Gasteiger partial charge < -0.3 is 20.7 Å². The number of hydrogen-bond acceptors (Lipinski definition) is 4. The number of amides is 3. The summed E-state index contributed by atoms with van der Waals surface area (Å²) in [6.07, 6.45) is 0.381. The molecule has 2 aromatic rings. The second-order valence-electron chi connectivity index (χ2n) is 6.97. The summed E-state index contributed by atoms with van der Waals surface area (Å²) < 4.78 is 5.24. The van der Waals surface area contributed by atoms with Gasteiger partial charge in [0, 0.05) is 13.0 Å². The van der Waals surface area contributed by atoms with Gasteiger partial charge in [-0.1, -0.05) is 67.6 Å². The zero-order valence-corrected chi connectivity index (χ0v) is 17.4. The van der Waals surface area contributed by atoms with E-state index in [2.05, 4.69) is 16.0 Å². The van der Waals surface area contributed by atoms with E-state index in [0.29, 0.717) is 6.54 Å². The van der Waals surface area contributed by atoms with Crippen molar-refractivity contribution in [2.75, 3.05) is 6.54 Å². The number of hydrogen-bond donors (Lipinski definition) is 3. The first-order chi connectivity index (χ1) is 14.5. The smallest absolute Gasteiger partial charge is 0.408 e. The van der Waals surface area contributed by atoms with E-state index in [-0.39, 0.29) is 18.9 Å². The molecule has 0 aliphatic rings. The van der Waals surface area contributed by atoms with E-state index in [9.17, 15) is 14.4 Å². The third kappa shape index (κ3) is 7.95. The predicted molar refractivity (Wildman–Crippen MR) is 115 cm³/mol. The first kappa shape index (κ1) is 22.9. The van der Waals surface area contributed by atoms with E-state index in [4.69, 9.17) is 4.74 Å². The minimum atomic E-state index is -0.878. The Labute approximate surface area is 177 Å². The highest BCUT2D eigenvalue weighted by atomic mass is 16.5. The van der Waals surface area contributed by atoms with Gasteiger partial charge in [0.15, 0.2) is 0 Å². The molecule has 0 aromatic heterocycles. The molecule has 0 aliphatic carbocycles. The van der Waals surface area contributed by atoms with Crippen LogP contribution < -0.4 is 16.0 Å². The molecule has 0 saturated carbocycles. The molecule has 3 N–H and O–H groups in total. The molecule has 0 bridgehead atoms. The van der Waals surface area contributed by atoms with Crippen molar-refractivity contribution in [3.63, 3.8) is 0 Å². The normalized spacial score (nSPS) is 12.3. The van der Waals surface area contributed by atoms with Crippen LogP contribution in [0.2, 0.25) is 0 Å². The van der Waals surface area contributed by atoms with Gasteiger partial charge in [-0.2, -0.15) is 0 Å². The molecule has 30 heavy (non-hydrogen) atoms. The van der Waals surface area contributed by atoms with Crippen molar-refractivity contribution in [3.8, 4) is 0 Å². The minimum absolute atomic E-state index is 0.0994. The van der Waals surface area contributed by atoms with E-state index < -0.39 is 24.1 Å². The molecule has 7 nitrogen and oxygen atoms in total. The lowest BCUT2D eigenvalue weighted by molar-refractivity contribution is -0.129. The van der Waals surface area contributed by atoms with E-state index in [1.165, 1.54) is 0 Å². The summed E-state index contributed by atoms with van der Waals surface area (Å²) >= 11 is 0. The third-order valence-corrected chi connectivity index (χ3v) is 4.41. The molecule has 2 aromatic carbocycles. The van der Waals surface area contributed by atoms with Crippen LogP contribution in [0.25, 0.3) is 0 Å². The molecular formula is C23H29N3O4. The Morgan fingerprint density at radius 1 is 0.867 bits per heavy atom. The van der Waals surface area contributed by atoms with Crippen molar-refractivity contribution in [2.45, 2.75) is 45.4 Å². The maximum atomic E-state index is 12.8. The van der Waals surface area contributed by atoms with Crippen LogP contribution in [0.1, 0.15) is 31.4 Å². The molecule has 0 aliphatic heterocycles. The zero-order valence-electron chi connectivity index (χ0n) is 17.4. The summed E-state index contributed by atoms with van der Waals surface area (Å²) in [5, 5.41) is 8.02. The number of rotatable bonds is 10. The Bertz CT molecular complexity index is 812. The lowest BCUT2D eigenvalue weighted by atomic mass is 10.1. The van der Waals surface area contributed by atoms with Gasteiger partial charge in [-0.15, -0.1) is 0 Å². The Balaban J connectivity index is 1.99. The Kier molecular flexibility index (Phi) is 9.37. The van der Waals surface area contributed by atoms with Crippen molar-refractivity contribution < 1.29 is 19.1 Å². The largest absolute Gasteiger partial charge is 0.445 e. The first-order valence-corrected chi connectivity index (χ1v) is 10.1. The van der Waals surface area contributed by atoms with Crippen molar-refractivity contribution in [2.24, 2.45) is 0 Å². The highest BCUT2D eigenvalue weighted by Crippen LogP contribution is 2.06. The van der Waals surface area contributed by atoms with Crippen LogP contribution in [0.3, 0.4) is 0 Å². The molecule has 2 rings (SSSR count). The summed E-state index contributed by atoms with van der Waals surface area (Å²) in [5.41, 5.74) is 1.72. The molecule has 0 fully saturated rings. The number of carbonyl (C=O) groups excluding carboxylic acids is 3. The Hall–Kier alpha value is -3.35. The fourth-order valence-electron chi connectivity index (χ4n) is 2.75. The summed E-state index contributed by atoms with van der Waals surface area (Å²) in [6.45, 7) is 4.19. The third-order valence-electron chi connectivity index (χ3n) is 4.41. The number of ether oxygens (including phenoxy) is 1. The van der Waals surface area contributed by atoms with Crippen LogP contribution in [-0.4, -0.2) is 36.5 Å². The molecule has 160 valence electrons. The molecule has 7 heteroatoms. The van der Waals surface area contributed by atoms with Crippen LogP contribution >= 0.6 is 0 Å².